The molecule has 0 saturated heterocycles. The van der Waals surface area contributed by atoms with Crippen LogP contribution in [0.15, 0.2) is 46.9 Å². The molecule has 2 aromatic carbocycles. The van der Waals surface area contributed by atoms with Crippen LogP contribution in [0.1, 0.15) is 15.9 Å². The van der Waals surface area contributed by atoms with Gasteiger partial charge in [0.2, 0.25) is 0 Å². The molecule has 0 aliphatic carbocycles. The average Bonchev–Trinajstić information content (AvgIpc) is 2.38. The highest BCUT2D eigenvalue weighted by atomic mass is 127. The monoisotopic (exact) mass is 416 g/mol. The molecule has 0 fully saturated rings. The summed E-state index contributed by atoms with van der Waals surface area (Å²) < 4.78 is 7.03. The van der Waals surface area contributed by atoms with Gasteiger partial charge >= 0.3 is 0 Å². The van der Waals surface area contributed by atoms with Crippen LogP contribution < -0.4 is 4.74 Å². The number of methoxy groups -OCH3 is 1. The van der Waals surface area contributed by atoms with Gasteiger partial charge in [0.1, 0.15) is 5.75 Å². The molecule has 0 spiro atoms. The lowest BCUT2D eigenvalue weighted by atomic mass is 10.0. The summed E-state index contributed by atoms with van der Waals surface area (Å²) in [6, 6.07) is 12.8. The Labute approximate surface area is 128 Å². The molecule has 0 radical (unpaired) electrons. The van der Waals surface area contributed by atoms with E-state index in [4.69, 9.17) is 4.74 Å². The first-order valence-electron chi connectivity index (χ1n) is 5.25. The zero-order valence-electron chi connectivity index (χ0n) is 9.61. The van der Waals surface area contributed by atoms with Gasteiger partial charge in [-0.3, -0.25) is 4.79 Å². The summed E-state index contributed by atoms with van der Waals surface area (Å²) in [6.07, 6.45) is 0. The van der Waals surface area contributed by atoms with Crippen LogP contribution in [-0.2, 0) is 0 Å². The molecule has 92 valence electrons. The molecule has 18 heavy (non-hydrogen) atoms. The van der Waals surface area contributed by atoms with E-state index < -0.39 is 0 Å². The number of rotatable bonds is 3. The van der Waals surface area contributed by atoms with Crippen molar-refractivity contribution in [2.24, 2.45) is 0 Å². The van der Waals surface area contributed by atoms with Crippen LogP contribution in [0.5, 0.6) is 5.75 Å². The molecule has 0 heterocycles. The summed E-state index contributed by atoms with van der Waals surface area (Å²) in [5.41, 5.74) is 1.33. The Bertz CT molecular complexity index is 579. The third-order valence-corrected chi connectivity index (χ3v) is 3.86. The molecule has 2 rings (SSSR count). The zero-order valence-corrected chi connectivity index (χ0v) is 13.4. The third kappa shape index (κ3) is 2.92. The van der Waals surface area contributed by atoms with Crippen molar-refractivity contribution in [1.82, 2.24) is 0 Å². The topological polar surface area (TPSA) is 26.3 Å². The van der Waals surface area contributed by atoms with Crippen LogP contribution in [0.4, 0.5) is 0 Å². The van der Waals surface area contributed by atoms with Crippen molar-refractivity contribution in [3.8, 4) is 5.75 Å². The highest BCUT2D eigenvalue weighted by molar-refractivity contribution is 14.1. The minimum Gasteiger partial charge on any atom is -0.496 e. The molecular weight excluding hydrogens is 407 g/mol. The van der Waals surface area contributed by atoms with E-state index in [-0.39, 0.29) is 5.78 Å². The van der Waals surface area contributed by atoms with Crippen LogP contribution in [0, 0.1) is 3.57 Å². The standard InChI is InChI=1S/C14H10BrIO2/c1-18-13-7-4-10(8-12(13)15)14(17)9-2-5-11(16)6-3-9/h2-8H,1H3. The molecule has 4 heteroatoms. The van der Waals surface area contributed by atoms with Crippen molar-refractivity contribution in [3.63, 3.8) is 0 Å². The number of hydrogen-bond donors (Lipinski definition) is 0. The minimum absolute atomic E-state index is 0.00903. The number of benzene rings is 2. The molecule has 0 saturated carbocycles. The predicted molar refractivity (Wildman–Crippen MR) is 83.3 cm³/mol. The Hall–Kier alpha value is -0.880. The number of ketones is 1. The van der Waals surface area contributed by atoms with Gasteiger partial charge in [-0.15, -0.1) is 0 Å². The maximum Gasteiger partial charge on any atom is 0.193 e. The zero-order chi connectivity index (χ0) is 13.1. The molecular formula is C14H10BrIO2. The third-order valence-electron chi connectivity index (χ3n) is 2.52. The van der Waals surface area contributed by atoms with Crippen LogP contribution in [-0.4, -0.2) is 12.9 Å². The van der Waals surface area contributed by atoms with E-state index in [2.05, 4.69) is 38.5 Å². The molecule has 2 aromatic rings. The number of carbonyl (C=O) groups excluding carboxylic acids is 1. The van der Waals surface area contributed by atoms with Crippen molar-refractivity contribution < 1.29 is 9.53 Å². The molecule has 0 atom stereocenters. The highest BCUT2D eigenvalue weighted by Crippen LogP contribution is 2.26. The quantitative estimate of drug-likeness (QED) is 0.551. The SMILES string of the molecule is COc1ccc(C(=O)c2ccc(I)cc2)cc1Br. The van der Waals surface area contributed by atoms with Crippen LogP contribution in [0.3, 0.4) is 0 Å². The Balaban J connectivity index is 2.34. The molecule has 0 aliphatic heterocycles. The van der Waals surface area contributed by atoms with Gasteiger partial charge in [-0.1, -0.05) is 0 Å². The summed E-state index contributed by atoms with van der Waals surface area (Å²) >= 11 is 5.60. The van der Waals surface area contributed by atoms with E-state index in [0.717, 1.165) is 8.04 Å². The van der Waals surface area contributed by atoms with Gasteiger partial charge in [0.15, 0.2) is 5.78 Å². The van der Waals surface area contributed by atoms with E-state index in [0.29, 0.717) is 16.9 Å². The first-order chi connectivity index (χ1) is 8.61. The molecule has 0 N–H and O–H groups in total. The minimum atomic E-state index is 0.00903. The summed E-state index contributed by atoms with van der Waals surface area (Å²) in [7, 11) is 1.60. The van der Waals surface area contributed by atoms with Gasteiger partial charge in [-0.05, 0) is 81.0 Å². The second-order valence-corrected chi connectivity index (χ2v) is 5.79. The number of halogens is 2. The van der Waals surface area contributed by atoms with E-state index in [1.54, 1.807) is 25.3 Å². The van der Waals surface area contributed by atoms with E-state index in [9.17, 15) is 4.79 Å². The van der Waals surface area contributed by atoms with Gasteiger partial charge in [0, 0.05) is 14.7 Å². The summed E-state index contributed by atoms with van der Waals surface area (Å²) in [6.45, 7) is 0. The number of ether oxygens (including phenoxy) is 1. The molecule has 0 aromatic heterocycles. The maximum absolute atomic E-state index is 12.2. The smallest absolute Gasteiger partial charge is 0.193 e. The van der Waals surface area contributed by atoms with E-state index in [1.807, 2.05) is 24.3 Å². The Morgan fingerprint density at radius 3 is 2.28 bits per heavy atom. The van der Waals surface area contributed by atoms with Gasteiger partial charge < -0.3 is 4.74 Å². The van der Waals surface area contributed by atoms with E-state index >= 15 is 0 Å². The van der Waals surface area contributed by atoms with Crippen molar-refractivity contribution in [3.05, 3.63) is 61.6 Å². The maximum atomic E-state index is 12.2. The van der Waals surface area contributed by atoms with Crippen molar-refractivity contribution in [2.45, 2.75) is 0 Å². The first kappa shape index (κ1) is 13.5. The Morgan fingerprint density at radius 1 is 1.11 bits per heavy atom. The number of hydrogen-bond acceptors (Lipinski definition) is 2. The lowest BCUT2D eigenvalue weighted by Crippen LogP contribution is -2.01. The van der Waals surface area contributed by atoms with E-state index in [1.165, 1.54) is 0 Å². The van der Waals surface area contributed by atoms with Crippen LogP contribution >= 0.6 is 38.5 Å². The van der Waals surface area contributed by atoms with Gasteiger partial charge in [-0.2, -0.15) is 0 Å². The van der Waals surface area contributed by atoms with Crippen molar-refractivity contribution >= 4 is 44.3 Å². The van der Waals surface area contributed by atoms with Crippen LogP contribution in [0.25, 0.3) is 0 Å². The second kappa shape index (κ2) is 5.84. The molecule has 0 aliphatic rings. The first-order valence-corrected chi connectivity index (χ1v) is 7.13. The Morgan fingerprint density at radius 2 is 1.72 bits per heavy atom. The molecule has 2 nitrogen and oxygen atoms in total. The number of carbonyl (C=O) groups is 1. The predicted octanol–water partition coefficient (Wildman–Crippen LogP) is 4.29. The summed E-state index contributed by atoms with van der Waals surface area (Å²) in [5, 5.41) is 0. The summed E-state index contributed by atoms with van der Waals surface area (Å²) in [5.74, 6) is 0.726. The Kier molecular flexibility index (Phi) is 4.40. The fourth-order valence-electron chi connectivity index (χ4n) is 1.58. The van der Waals surface area contributed by atoms with Crippen LogP contribution in [0.2, 0.25) is 0 Å². The van der Waals surface area contributed by atoms with Gasteiger partial charge in [0.25, 0.3) is 0 Å². The molecule has 0 bridgehead atoms. The highest BCUT2D eigenvalue weighted by Gasteiger charge is 2.11. The van der Waals surface area contributed by atoms with Gasteiger partial charge in [-0.25, -0.2) is 0 Å². The summed E-state index contributed by atoms with van der Waals surface area (Å²) in [4.78, 5) is 12.2. The van der Waals surface area contributed by atoms with Crippen molar-refractivity contribution in [1.29, 1.82) is 0 Å². The van der Waals surface area contributed by atoms with Gasteiger partial charge in [0.05, 0.1) is 11.6 Å². The average molecular weight is 417 g/mol. The normalized spacial score (nSPS) is 10.2. The molecule has 0 unspecified atom stereocenters. The lowest BCUT2D eigenvalue weighted by molar-refractivity contribution is 0.103. The fraction of sp³-hybridized carbons (Fsp3) is 0.0714. The lowest BCUT2D eigenvalue weighted by Gasteiger charge is -2.06. The fourth-order valence-corrected chi connectivity index (χ4v) is 2.48. The largest absolute Gasteiger partial charge is 0.496 e. The second-order valence-electron chi connectivity index (χ2n) is 3.69. The molecule has 0 amide bonds. The van der Waals surface area contributed by atoms with Crippen molar-refractivity contribution in [2.75, 3.05) is 7.11 Å².